The third-order valence-corrected chi connectivity index (χ3v) is 8.01. The summed E-state index contributed by atoms with van der Waals surface area (Å²) in [5, 5.41) is 20.1. The van der Waals surface area contributed by atoms with Crippen molar-refractivity contribution in [2.45, 2.75) is 117 Å². The number of benzene rings is 2. The number of phenolic OH excluding ortho intramolecular Hbond substituents is 2. The van der Waals surface area contributed by atoms with E-state index < -0.39 is 11.5 Å². The lowest BCUT2D eigenvalue weighted by molar-refractivity contribution is 0.259. The van der Waals surface area contributed by atoms with E-state index in [1.807, 2.05) is 12.1 Å². The summed E-state index contributed by atoms with van der Waals surface area (Å²) in [6.07, 6.45) is 19.7. The molecule has 0 fully saturated rings. The van der Waals surface area contributed by atoms with Gasteiger partial charge in [-0.25, -0.2) is 9.97 Å². The molecule has 0 aliphatic rings. The molecule has 40 heavy (non-hydrogen) atoms. The van der Waals surface area contributed by atoms with Gasteiger partial charge in [0.05, 0.1) is 24.2 Å². The Morgan fingerprint density at radius 1 is 0.550 bits per heavy atom. The highest BCUT2D eigenvalue weighted by Gasteiger charge is 2.20. The van der Waals surface area contributed by atoms with Crippen molar-refractivity contribution in [3.63, 3.8) is 0 Å². The number of nitrogens with zero attached hydrogens (tertiary/aromatic N) is 2. The van der Waals surface area contributed by atoms with Crippen LogP contribution in [0.25, 0.3) is 22.1 Å². The van der Waals surface area contributed by atoms with Gasteiger partial charge in [-0.15, -0.1) is 0 Å². The van der Waals surface area contributed by atoms with Gasteiger partial charge < -0.3 is 19.7 Å². The lowest BCUT2D eigenvalue weighted by Crippen LogP contribution is -2.04. The molecular weight excluding hydrogens is 547 g/mol. The number of rotatable bonds is 20. The van der Waals surface area contributed by atoms with Gasteiger partial charge >= 0.3 is 0 Å². The SMILES string of the molecule is CCCCCCCCCCOc1cc2nc3c(Cl)c(O)c(O)c(Cl)c3nc2cc1OCCCCCCCCCC. The Kier molecular flexibility index (Phi) is 14.2. The summed E-state index contributed by atoms with van der Waals surface area (Å²) in [5.74, 6) is 0.219. The lowest BCUT2D eigenvalue weighted by Gasteiger charge is -2.15. The molecule has 0 saturated carbocycles. The summed E-state index contributed by atoms with van der Waals surface area (Å²) in [6, 6.07) is 3.62. The second-order valence-corrected chi connectivity index (χ2v) is 11.4. The first-order valence-corrected chi connectivity index (χ1v) is 16.0. The van der Waals surface area contributed by atoms with Crippen LogP contribution in [0, 0.1) is 0 Å². The molecule has 3 rings (SSSR count). The molecule has 222 valence electrons. The van der Waals surface area contributed by atoms with E-state index in [1.54, 1.807) is 0 Å². The molecule has 0 bridgehead atoms. The minimum absolute atomic E-state index is 0.0947. The minimum atomic E-state index is -0.510. The van der Waals surface area contributed by atoms with Crippen LogP contribution in [0.4, 0.5) is 0 Å². The van der Waals surface area contributed by atoms with Crippen molar-refractivity contribution in [2.75, 3.05) is 13.2 Å². The summed E-state index contributed by atoms with van der Waals surface area (Å²) in [7, 11) is 0. The van der Waals surface area contributed by atoms with Gasteiger partial charge in [0.15, 0.2) is 23.0 Å². The van der Waals surface area contributed by atoms with E-state index >= 15 is 0 Å². The molecule has 0 atom stereocenters. The van der Waals surface area contributed by atoms with E-state index in [0.29, 0.717) is 35.7 Å². The van der Waals surface area contributed by atoms with E-state index in [9.17, 15) is 10.2 Å². The fraction of sp³-hybridized carbons (Fsp3) is 0.625. The summed E-state index contributed by atoms with van der Waals surface area (Å²) in [5.41, 5.74) is 1.52. The highest BCUT2D eigenvalue weighted by molar-refractivity contribution is 6.42. The summed E-state index contributed by atoms with van der Waals surface area (Å²) in [4.78, 5) is 9.20. The quantitative estimate of drug-likeness (QED) is 0.0770. The zero-order valence-electron chi connectivity index (χ0n) is 24.2. The molecule has 2 N–H and O–H groups in total. The topological polar surface area (TPSA) is 84.7 Å². The van der Waals surface area contributed by atoms with Crippen molar-refractivity contribution in [3.05, 3.63) is 22.2 Å². The predicted molar refractivity (Wildman–Crippen MR) is 167 cm³/mol. The largest absolute Gasteiger partial charge is 0.503 e. The molecule has 0 aliphatic heterocycles. The average molecular weight is 594 g/mol. The van der Waals surface area contributed by atoms with Crippen LogP contribution in [0.15, 0.2) is 12.1 Å². The first kappa shape index (κ1) is 32.3. The van der Waals surface area contributed by atoms with Crippen LogP contribution >= 0.6 is 23.2 Å². The summed E-state index contributed by atoms with van der Waals surface area (Å²) < 4.78 is 12.4. The Hall–Kier alpha value is -2.18. The monoisotopic (exact) mass is 592 g/mol. The Morgan fingerprint density at radius 3 is 1.23 bits per heavy atom. The molecule has 1 aromatic heterocycles. The highest BCUT2D eigenvalue weighted by atomic mass is 35.5. The van der Waals surface area contributed by atoms with Crippen molar-refractivity contribution >= 4 is 45.3 Å². The van der Waals surface area contributed by atoms with Crippen LogP contribution in [0.5, 0.6) is 23.0 Å². The zero-order valence-corrected chi connectivity index (χ0v) is 25.8. The van der Waals surface area contributed by atoms with E-state index in [1.165, 1.54) is 77.0 Å². The molecular formula is C32H46Cl2N2O4. The first-order chi connectivity index (χ1) is 19.5. The van der Waals surface area contributed by atoms with Crippen LogP contribution in [-0.2, 0) is 0 Å². The third-order valence-electron chi connectivity index (χ3n) is 7.30. The number of hydrogen-bond acceptors (Lipinski definition) is 6. The normalized spacial score (nSPS) is 11.5. The number of fused-ring (bicyclic) bond motifs is 2. The fourth-order valence-corrected chi connectivity index (χ4v) is 5.31. The Bertz CT molecular complexity index is 1110. The maximum Gasteiger partial charge on any atom is 0.180 e. The van der Waals surface area contributed by atoms with Gasteiger partial charge in [-0.2, -0.15) is 0 Å². The van der Waals surface area contributed by atoms with E-state index in [2.05, 4.69) is 23.8 Å². The van der Waals surface area contributed by atoms with Crippen molar-refractivity contribution in [3.8, 4) is 23.0 Å². The number of unbranched alkanes of at least 4 members (excludes halogenated alkanes) is 14. The van der Waals surface area contributed by atoms with Crippen LogP contribution in [0.1, 0.15) is 117 Å². The first-order valence-electron chi connectivity index (χ1n) is 15.3. The Balaban J connectivity index is 1.68. The van der Waals surface area contributed by atoms with E-state index in [0.717, 1.165) is 25.7 Å². The third kappa shape index (κ3) is 9.44. The fourth-order valence-electron chi connectivity index (χ4n) is 4.86. The molecule has 3 aromatic rings. The van der Waals surface area contributed by atoms with Crippen molar-refractivity contribution in [2.24, 2.45) is 0 Å². The van der Waals surface area contributed by atoms with E-state index in [-0.39, 0.29) is 21.1 Å². The van der Waals surface area contributed by atoms with Crippen LogP contribution in [0.2, 0.25) is 10.0 Å². The zero-order chi connectivity index (χ0) is 28.7. The maximum absolute atomic E-state index is 10.1. The second-order valence-electron chi connectivity index (χ2n) is 10.7. The number of phenols is 2. The standard InChI is InChI=1S/C32H46Cl2N2O4/c1-3-5-7-9-11-13-15-17-19-39-25-21-23-24(22-26(25)40-20-18-16-14-12-10-8-6-4-2)36-30-28(34)32(38)31(37)27(33)29(30)35-23/h21-22,37-38H,3-20H2,1-2H3. The van der Waals surface area contributed by atoms with E-state index in [4.69, 9.17) is 32.7 Å². The molecule has 0 unspecified atom stereocenters. The smallest absolute Gasteiger partial charge is 0.180 e. The number of halogens is 2. The average Bonchev–Trinajstić information content (AvgIpc) is 2.96. The number of aromatic hydroxyl groups is 2. The molecule has 0 radical (unpaired) electrons. The van der Waals surface area contributed by atoms with Gasteiger partial charge in [0.25, 0.3) is 0 Å². The van der Waals surface area contributed by atoms with Crippen molar-refractivity contribution in [1.82, 2.24) is 9.97 Å². The van der Waals surface area contributed by atoms with Gasteiger partial charge in [0.2, 0.25) is 0 Å². The molecule has 0 spiro atoms. The Morgan fingerprint density at radius 2 is 0.875 bits per heavy atom. The lowest BCUT2D eigenvalue weighted by atomic mass is 10.1. The maximum atomic E-state index is 10.1. The second kappa shape index (κ2) is 17.6. The van der Waals surface area contributed by atoms with Gasteiger partial charge in [-0.3, -0.25) is 0 Å². The summed E-state index contributed by atoms with van der Waals surface area (Å²) >= 11 is 12.5. The van der Waals surface area contributed by atoms with Gasteiger partial charge in [-0.1, -0.05) is 127 Å². The summed E-state index contributed by atoms with van der Waals surface area (Å²) in [6.45, 7) is 5.67. The Labute approximate surface area is 249 Å². The molecule has 0 aliphatic carbocycles. The van der Waals surface area contributed by atoms with Crippen molar-refractivity contribution in [1.29, 1.82) is 0 Å². The number of hydrogen-bond donors (Lipinski definition) is 2. The van der Waals surface area contributed by atoms with Crippen LogP contribution in [-0.4, -0.2) is 33.4 Å². The molecule has 6 nitrogen and oxygen atoms in total. The molecule has 0 saturated heterocycles. The van der Waals surface area contributed by atoms with Gasteiger partial charge in [-0.05, 0) is 12.8 Å². The van der Waals surface area contributed by atoms with Crippen LogP contribution < -0.4 is 9.47 Å². The van der Waals surface area contributed by atoms with Crippen molar-refractivity contribution < 1.29 is 19.7 Å². The molecule has 0 amide bonds. The van der Waals surface area contributed by atoms with Crippen LogP contribution in [0.3, 0.4) is 0 Å². The molecule has 1 heterocycles. The molecule has 2 aromatic carbocycles. The minimum Gasteiger partial charge on any atom is -0.503 e. The number of ether oxygens (including phenoxy) is 2. The van der Waals surface area contributed by atoms with Gasteiger partial charge in [0, 0.05) is 12.1 Å². The van der Waals surface area contributed by atoms with Gasteiger partial charge in [0.1, 0.15) is 21.1 Å². The number of aromatic nitrogens is 2. The predicted octanol–water partition coefficient (Wildman–Crippen LogP) is 10.5. The molecule has 8 heteroatoms. The highest BCUT2D eigenvalue weighted by Crippen LogP contribution is 2.45.